The molecule has 1 aliphatic heterocycles. The lowest BCUT2D eigenvalue weighted by Gasteiger charge is -2.33. The van der Waals surface area contributed by atoms with Gasteiger partial charge in [0.2, 0.25) is 11.8 Å². The summed E-state index contributed by atoms with van der Waals surface area (Å²) in [5.41, 5.74) is -0.403. The molecule has 2 N–H and O–H groups in total. The minimum Gasteiger partial charge on any atom is -0.277 e. The Kier molecular flexibility index (Phi) is 5.97. The fourth-order valence-electron chi connectivity index (χ4n) is 3.90. The van der Waals surface area contributed by atoms with E-state index in [2.05, 4.69) is 71.3 Å². The lowest BCUT2D eigenvalue weighted by molar-refractivity contribution is -0.144. The van der Waals surface area contributed by atoms with E-state index < -0.39 is 31.2 Å². The summed E-state index contributed by atoms with van der Waals surface area (Å²) in [6.07, 6.45) is 0.545. The molecule has 0 bridgehead atoms. The van der Waals surface area contributed by atoms with Crippen LogP contribution in [0.5, 0.6) is 0 Å². The molecule has 5 nitrogen and oxygen atoms in total. The molecule has 0 aromatic heterocycles. The van der Waals surface area contributed by atoms with Crippen LogP contribution in [-0.4, -0.2) is 17.8 Å². The van der Waals surface area contributed by atoms with Gasteiger partial charge in [-0.3, -0.25) is 20.2 Å². The molecule has 6 heteroatoms. The second-order valence-electron chi connectivity index (χ2n) is 7.52. The van der Waals surface area contributed by atoms with Crippen LogP contribution in [-0.2, 0) is 16.0 Å². The Morgan fingerprint density at radius 1 is 0.677 bits per heavy atom. The minimum absolute atomic E-state index is 0.239. The van der Waals surface area contributed by atoms with E-state index in [1.54, 1.807) is 6.92 Å². The van der Waals surface area contributed by atoms with Gasteiger partial charge in [0, 0.05) is 0 Å². The van der Waals surface area contributed by atoms with Crippen LogP contribution in [0.4, 0.5) is 4.79 Å². The molecule has 156 valence electrons. The van der Waals surface area contributed by atoms with E-state index in [1.165, 1.54) is 15.9 Å². The molecule has 0 saturated carbocycles. The van der Waals surface area contributed by atoms with Crippen molar-refractivity contribution >= 4 is 41.7 Å². The number of urea groups is 1. The molecular weight excluding hydrogens is 407 g/mol. The molecule has 1 saturated heterocycles. The SMILES string of the molecule is CCC1(Cc2ccc(P(c3ccccc3)c3ccccc3)cc2)C(=O)NC(=O)NC1=O. The average molecular weight is 430 g/mol. The maximum atomic E-state index is 12.5. The summed E-state index contributed by atoms with van der Waals surface area (Å²) in [7, 11) is -0.721. The first kappa shape index (κ1) is 21.0. The third-order valence-electron chi connectivity index (χ3n) is 5.66. The smallest absolute Gasteiger partial charge is 0.277 e. The highest BCUT2D eigenvalue weighted by molar-refractivity contribution is 7.79. The predicted octanol–water partition coefficient (Wildman–Crippen LogP) is 2.75. The lowest BCUT2D eigenvalue weighted by Crippen LogP contribution is -2.63. The molecule has 4 amide bonds. The zero-order chi connectivity index (χ0) is 21.8. The first-order valence-corrected chi connectivity index (χ1v) is 11.5. The van der Waals surface area contributed by atoms with Crippen molar-refractivity contribution in [2.45, 2.75) is 19.8 Å². The van der Waals surface area contributed by atoms with Crippen molar-refractivity contribution in [1.29, 1.82) is 0 Å². The van der Waals surface area contributed by atoms with E-state index in [0.29, 0.717) is 6.42 Å². The summed E-state index contributed by atoms with van der Waals surface area (Å²) in [6.45, 7) is 1.79. The summed E-state index contributed by atoms with van der Waals surface area (Å²) < 4.78 is 0. The number of carbonyl (C=O) groups excluding carboxylic acids is 3. The van der Waals surface area contributed by atoms with Gasteiger partial charge in [-0.1, -0.05) is 91.9 Å². The van der Waals surface area contributed by atoms with Gasteiger partial charge in [0.15, 0.2) is 0 Å². The predicted molar refractivity (Wildman–Crippen MR) is 123 cm³/mol. The zero-order valence-corrected chi connectivity index (χ0v) is 18.1. The van der Waals surface area contributed by atoms with Crippen LogP contribution in [0.2, 0.25) is 0 Å². The fourth-order valence-corrected chi connectivity index (χ4v) is 6.18. The molecule has 0 aliphatic carbocycles. The van der Waals surface area contributed by atoms with Crippen LogP contribution in [0.25, 0.3) is 0 Å². The molecule has 0 unspecified atom stereocenters. The number of amides is 4. The summed E-state index contributed by atoms with van der Waals surface area (Å²) in [6, 6.07) is 28.2. The molecule has 1 fully saturated rings. The van der Waals surface area contributed by atoms with Crippen molar-refractivity contribution in [2.75, 3.05) is 0 Å². The van der Waals surface area contributed by atoms with E-state index >= 15 is 0 Å². The normalized spacial score (nSPS) is 15.5. The lowest BCUT2D eigenvalue weighted by atomic mass is 9.76. The zero-order valence-electron chi connectivity index (χ0n) is 17.2. The molecule has 0 spiro atoms. The van der Waals surface area contributed by atoms with Crippen molar-refractivity contribution in [3.05, 3.63) is 90.5 Å². The van der Waals surface area contributed by atoms with Crippen LogP contribution < -0.4 is 26.5 Å². The number of hydrogen-bond donors (Lipinski definition) is 2. The summed E-state index contributed by atoms with van der Waals surface area (Å²) >= 11 is 0. The molecule has 1 heterocycles. The standard InChI is InChI=1S/C25H23N2O3P/c1-2-25(22(28)26-24(30)27-23(25)29)17-18-13-15-21(16-14-18)31(19-9-5-3-6-10-19)20-11-7-4-8-12-20/h3-16H,2,17H2,1H3,(H2,26,27,28,29,30). The molecule has 1 aliphatic rings. The van der Waals surface area contributed by atoms with Gasteiger partial charge in [-0.15, -0.1) is 0 Å². The fraction of sp³-hybridized carbons (Fsp3) is 0.160. The maximum Gasteiger partial charge on any atom is 0.328 e. The highest BCUT2D eigenvalue weighted by Gasteiger charge is 2.48. The first-order chi connectivity index (χ1) is 15.0. The van der Waals surface area contributed by atoms with Crippen molar-refractivity contribution in [2.24, 2.45) is 5.41 Å². The van der Waals surface area contributed by atoms with Crippen molar-refractivity contribution in [3.8, 4) is 0 Å². The second-order valence-corrected chi connectivity index (χ2v) is 9.74. The van der Waals surface area contributed by atoms with Crippen LogP contribution in [0.15, 0.2) is 84.9 Å². The van der Waals surface area contributed by atoms with Crippen molar-refractivity contribution < 1.29 is 14.4 Å². The van der Waals surface area contributed by atoms with Crippen LogP contribution in [0.1, 0.15) is 18.9 Å². The Bertz CT molecular complexity index is 1040. The van der Waals surface area contributed by atoms with E-state index in [1.807, 2.05) is 24.3 Å². The molecule has 0 atom stereocenters. The summed E-state index contributed by atoms with van der Waals surface area (Å²) in [4.78, 5) is 36.5. The molecule has 4 rings (SSSR count). The highest BCUT2D eigenvalue weighted by atomic mass is 31.1. The van der Waals surface area contributed by atoms with E-state index in [4.69, 9.17) is 0 Å². The minimum atomic E-state index is -1.28. The van der Waals surface area contributed by atoms with Gasteiger partial charge in [-0.2, -0.15) is 0 Å². The number of hydrogen-bond acceptors (Lipinski definition) is 3. The number of imide groups is 2. The Hall–Kier alpha value is -3.30. The number of rotatable bonds is 6. The van der Waals surface area contributed by atoms with Crippen molar-refractivity contribution in [3.63, 3.8) is 0 Å². The van der Waals surface area contributed by atoms with E-state index in [0.717, 1.165) is 5.56 Å². The Labute approximate surface area is 182 Å². The molecule has 0 radical (unpaired) electrons. The highest BCUT2D eigenvalue weighted by Crippen LogP contribution is 2.34. The van der Waals surface area contributed by atoms with E-state index in [9.17, 15) is 14.4 Å². The molecular formula is C25H23N2O3P. The van der Waals surface area contributed by atoms with Crippen LogP contribution in [0.3, 0.4) is 0 Å². The van der Waals surface area contributed by atoms with Crippen LogP contribution >= 0.6 is 7.92 Å². The summed E-state index contributed by atoms with van der Waals surface area (Å²) in [5.74, 6) is -1.08. The Balaban J connectivity index is 1.66. The van der Waals surface area contributed by atoms with Gasteiger partial charge in [-0.25, -0.2) is 4.79 Å². The molecule has 31 heavy (non-hydrogen) atoms. The van der Waals surface area contributed by atoms with E-state index in [-0.39, 0.29) is 6.42 Å². The van der Waals surface area contributed by atoms with Gasteiger partial charge >= 0.3 is 6.03 Å². The van der Waals surface area contributed by atoms with Gasteiger partial charge < -0.3 is 0 Å². The van der Waals surface area contributed by atoms with Gasteiger partial charge in [0.05, 0.1) is 0 Å². The monoisotopic (exact) mass is 430 g/mol. The third kappa shape index (κ3) is 4.14. The Morgan fingerprint density at radius 3 is 1.58 bits per heavy atom. The largest absolute Gasteiger partial charge is 0.328 e. The van der Waals surface area contributed by atoms with Crippen LogP contribution in [0, 0.1) is 5.41 Å². The number of barbiturate groups is 1. The topological polar surface area (TPSA) is 75.3 Å². The quantitative estimate of drug-likeness (QED) is 0.467. The average Bonchev–Trinajstić information content (AvgIpc) is 2.79. The Morgan fingerprint density at radius 2 is 1.13 bits per heavy atom. The third-order valence-corrected chi connectivity index (χ3v) is 8.10. The maximum absolute atomic E-state index is 12.5. The van der Waals surface area contributed by atoms with Gasteiger partial charge in [0.25, 0.3) is 0 Å². The number of carbonyl (C=O) groups is 3. The van der Waals surface area contributed by atoms with Crippen molar-refractivity contribution in [1.82, 2.24) is 10.6 Å². The number of benzene rings is 3. The molecule has 3 aromatic carbocycles. The molecule has 3 aromatic rings. The summed E-state index contributed by atoms with van der Waals surface area (Å²) in [5, 5.41) is 8.18. The number of nitrogens with one attached hydrogen (secondary N) is 2. The van der Waals surface area contributed by atoms with Gasteiger partial charge in [0.1, 0.15) is 5.41 Å². The first-order valence-electron chi connectivity index (χ1n) is 10.2. The van der Waals surface area contributed by atoms with Gasteiger partial charge in [-0.05, 0) is 42.2 Å². The second kappa shape index (κ2) is 8.83.